The molecular weight excluding hydrogens is 475 g/mol. The molecule has 1 atom stereocenters. The Morgan fingerprint density at radius 3 is 2.73 bits per heavy atom. The first-order chi connectivity index (χ1) is 17.9. The average Bonchev–Trinajstić information content (AvgIpc) is 3.45. The van der Waals surface area contributed by atoms with E-state index in [2.05, 4.69) is 20.4 Å². The number of alkyl halides is 1. The fraction of sp³-hybridized carbons (Fsp3) is 0.346. The highest BCUT2D eigenvalue weighted by molar-refractivity contribution is 5.95. The number of aryl methyl sites for hydroxylation is 3. The molecule has 5 rings (SSSR count). The summed E-state index contributed by atoms with van der Waals surface area (Å²) in [6.07, 6.45) is 3.71. The second kappa shape index (κ2) is 10.1. The number of hydrogen-bond acceptors (Lipinski definition) is 7. The van der Waals surface area contributed by atoms with Gasteiger partial charge in [0.25, 0.3) is 5.91 Å². The topological polar surface area (TPSA) is 103 Å². The molecule has 1 aliphatic rings. The van der Waals surface area contributed by atoms with Crippen molar-refractivity contribution in [3.63, 3.8) is 0 Å². The molecule has 0 spiro atoms. The molecule has 0 saturated heterocycles. The molecule has 5 heterocycles. The van der Waals surface area contributed by atoms with Crippen LogP contribution in [0.3, 0.4) is 0 Å². The van der Waals surface area contributed by atoms with Crippen molar-refractivity contribution in [2.45, 2.75) is 39.7 Å². The number of carbonyl (C=O) groups is 1. The number of aromatic nitrogens is 6. The third kappa shape index (κ3) is 4.94. The molecule has 0 radical (unpaired) electrons. The number of nitrogens with zero attached hydrogens (tertiary/aromatic N) is 7. The maximum atomic E-state index is 13.6. The van der Waals surface area contributed by atoms with Gasteiger partial charge in [-0.2, -0.15) is 5.10 Å². The van der Waals surface area contributed by atoms with Crippen LogP contribution in [0.5, 0.6) is 0 Å². The van der Waals surface area contributed by atoms with Crippen LogP contribution in [0.2, 0.25) is 0 Å². The van der Waals surface area contributed by atoms with Gasteiger partial charge in [0.05, 0.1) is 42.0 Å². The molecule has 11 heteroatoms. The van der Waals surface area contributed by atoms with Crippen molar-refractivity contribution in [2.24, 2.45) is 7.05 Å². The number of halogens is 1. The first-order valence-corrected chi connectivity index (χ1v) is 12.0. The molecule has 0 bridgehead atoms. The Morgan fingerprint density at radius 1 is 1.19 bits per heavy atom. The van der Waals surface area contributed by atoms with Gasteiger partial charge in [0.1, 0.15) is 18.2 Å². The second-order valence-corrected chi connectivity index (χ2v) is 9.21. The Kier molecular flexibility index (Phi) is 6.70. The van der Waals surface area contributed by atoms with E-state index in [0.717, 1.165) is 28.3 Å². The summed E-state index contributed by atoms with van der Waals surface area (Å²) in [5.74, 6) is 1.08. The van der Waals surface area contributed by atoms with E-state index in [1.165, 1.54) is 0 Å². The molecule has 4 aromatic heterocycles. The minimum atomic E-state index is -0.648. The zero-order valence-corrected chi connectivity index (χ0v) is 21.3. The normalized spacial score (nSPS) is 15.2. The largest absolute Gasteiger partial charge is 0.382 e. The SMILES string of the molecule is COC[C@H]1Cn2cc(-c3nc(Nc4cc(C)nn4C)ncc3C)cc2C(=O)N1Cc1cccc(CF)n1. The zero-order valence-electron chi connectivity index (χ0n) is 21.3. The molecule has 4 aromatic rings. The number of amides is 1. The summed E-state index contributed by atoms with van der Waals surface area (Å²) in [4.78, 5) is 28.9. The summed E-state index contributed by atoms with van der Waals surface area (Å²) in [5.41, 5.74) is 4.87. The number of rotatable bonds is 8. The molecule has 37 heavy (non-hydrogen) atoms. The van der Waals surface area contributed by atoms with Gasteiger partial charge in [0, 0.05) is 44.7 Å². The van der Waals surface area contributed by atoms with Crippen molar-refractivity contribution in [3.05, 3.63) is 71.1 Å². The predicted molar refractivity (Wildman–Crippen MR) is 136 cm³/mol. The van der Waals surface area contributed by atoms with Crippen molar-refractivity contribution in [1.29, 1.82) is 0 Å². The lowest BCUT2D eigenvalue weighted by atomic mass is 10.1. The zero-order chi connectivity index (χ0) is 26.1. The van der Waals surface area contributed by atoms with Crippen molar-refractivity contribution in [2.75, 3.05) is 19.0 Å². The molecule has 0 saturated carbocycles. The smallest absolute Gasteiger partial charge is 0.271 e. The van der Waals surface area contributed by atoms with Crippen LogP contribution in [-0.2, 0) is 31.5 Å². The number of ether oxygens (including phenoxy) is 1. The van der Waals surface area contributed by atoms with E-state index < -0.39 is 6.67 Å². The Hall–Kier alpha value is -4.12. The van der Waals surface area contributed by atoms with Crippen molar-refractivity contribution >= 4 is 17.7 Å². The molecule has 1 N–H and O–H groups in total. The molecule has 192 valence electrons. The molecule has 0 fully saturated rings. The maximum absolute atomic E-state index is 13.6. The van der Waals surface area contributed by atoms with Gasteiger partial charge in [-0.25, -0.2) is 14.4 Å². The minimum Gasteiger partial charge on any atom is -0.382 e. The monoisotopic (exact) mass is 504 g/mol. The first-order valence-electron chi connectivity index (χ1n) is 12.0. The van der Waals surface area contributed by atoms with Gasteiger partial charge < -0.3 is 19.5 Å². The highest BCUT2D eigenvalue weighted by Crippen LogP contribution is 2.29. The molecule has 0 aliphatic carbocycles. The summed E-state index contributed by atoms with van der Waals surface area (Å²) >= 11 is 0. The van der Waals surface area contributed by atoms with Gasteiger partial charge in [-0.15, -0.1) is 0 Å². The predicted octanol–water partition coefficient (Wildman–Crippen LogP) is 3.57. The number of fused-ring (bicyclic) bond motifs is 1. The van der Waals surface area contributed by atoms with E-state index in [0.29, 0.717) is 36.2 Å². The van der Waals surface area contributed by atoms with Gasteiger partial charge in [0.2, 0.25) is 5.95 Å². The van der Waals surface area contributed by atoms with Crippen LogP contribution >= 0.6 is 0 Å². The van der Waals surface area contributed by atoms with Gasteiger partial charge in [-0.3, -0.25) is 14.5 Å². The van der Waals surface area contributed by atoms with Gasteiger partial charge >= 0.3 is 0 Å². The van der Waals surface area contributed by atoms with E-state index in [1.807, 2.05) is 43.8 Å². The quantitative estimate of drug-likeness (QED) is 0.391. The molecule has 10 nitrogen and oxygen atoms in total. The fourth-order valence-corrected chi connectivity index (χ4v) is 4.65. The lowest BCUT2D eigenvalue weighted by Crippen LogP contribution is -2.49. The summed E-state index contributed by atoms with van der Waals surface area (Å²) in [6.45, 7) is 4.41. The Labute approximate surface area is 214 Å². The molecular formula is C26H29FN8O2. The van der Waals surface area contributed by atoms with Crippen LogP contribution in [0.4, 0.5) is 16.2 Å². The molecule has 0 aromatic carbocycles. The highest BCUT2D eigenvalue weighted by atomic mass is 19.1. The van der Waals surface area contributed by atoms with Crippen LogP contribution in [0.1, 0.15) is 33.1 Å². The number of hydrogen-bond donors (Lipinski definition) is 1. The minimum absolute atomic E-state index is 0.137. The Balaban J connectivity index is 1.45. The second-order valence-electron chi connectivity index (χ2n) is 9.21. The van der Waals surface area contributed by atoms with Crippen LogP contribution in [0.25, 0.3) is 11.3 Å². The average molecular weight is 505 g/mol. The Bertz CT molecular complexity index is 1450. The van der Waals surface area contributed by atoms with Crippen LogP contribution in [-0.4, -0.2) is 59.9 Å². The maximum Gasteiger partial charge on any atom is 0.271 e. The van der Waals surface area contributed by atoms with Crippen LogP contribution in [0, 0.1) is 13.8 Å². The third-order valence-electron chi connectivity index (χ3n) is 6.40. The van der Waals surface area contributed by atoms with E-state index in [9.17, 15) is 9.18 Å². The standard InChI is InChI=1S/C26H29FN8O2/c1-16-11-28-26(30-23-8-17(2)32-33(23)3)31-24(16)18-9-22-25(36)35(21(15-37-4)14-34(22)12-18)13-20-7-5-6-19(10-27)29-20/h5-9,11-12,21H,10,13-15H2,1-4H3,(H,28,30,31)/t21-/m1/s1. The number of anilines is 2. The molecule has 1 aliphatic heterocycles. The van der Waals surface area contributed by atoms with E-state index in [1.54, 1.807) is 41.1 Å². The number of nitrogens with one attached hydrogen (secondary N) is 1. The summed E-state index contributed by atoms with van der Waals surface area (Å²) < 4.78 is 22.2. The van der Waals surface area contributed by atoms with Crippen LogP contribution in [0.15, 0.2) is 42.7 Å². The van der Waals surface area contributed by atoms with Crippen LogP contribution < -0.4 is 5.32 Å². The van der Waals surface area contributed by atoms with Crippen molar-refractivity contribution in [1.82, 2.24) is 34.2 Å². The summed E-state index contributed by atoms with van der Waals surface area (Å²) in [5, 5.41) is 7.56. The van der Waals surface area contributed by atoms with E-state index >= 15 is 0 Å². The van der Waals surface area contributed by atoms with E-state index in [4.69, 9.17) is 9.72 Å². The summed E-state index contributed by atoms with van der Waals surface area (Å²) in [7, 11) is 3.47. The van der Waals surface area contributed by atoms with Gasteiger partial charge in [0.15, 0.2) is 0 Å². The summed E-state index contributed by atoms with van der Waals surface area (Å²) in [6, 6.07) is 8.77. The number of pyridine rings is 1. The van der Waals surface area contributed by atoms with Crippen molar-refractivity contribution < 1.29 is 13.9 Å². The van der Waals surface area contributed by atoms with E-state index in [-0.39, 0.29) is 18.5 Å². The number of methoxy groups -OCH3 is 1. The highest BCUT2D eigenvalue weighted by Gasteiger charge is 2.33. The number of carbonyl (C=O) groups excluding carboxylic acids is 1. The lowest BCUT2D eigenvalue weighted by Gasteiger charge is -2.36. The lowest BCUT2D eigenvalue weighted by molar-refractivity contribution is 0.0384. The van der Waals surface area contributed by atoms with Crippen molar-refractivity contribution in [3.8, 4) is 11.3 Å². The molecule has 1 amide bonds. The fourth-order valence-electron chi connectivity index (χ4n) is 4.65. The third-order valence-corrected chi connectivity index (χ3v) is 6.40. The Morgan fingerprint density at radius 2 is 2.00 bits per heavy atom. The first kappa shape index (κ1) is 24.6. The molecule has 0 unspecified atom stereocenters. The van der Waals surface area contributed by atoms with Gasteiger partial charge in [-0.1, -0.05) is 6.07 Å². The van der Waals surface area contributed by atoms with Gasteiger partial charge in [-0.05, 0) is 37.6 Å².